The second-order valence-corrected chi connectivity index (χ2v) is 5.49. The lowest BCUT2D eigenvalue weighted by Gasteiger charge is -1.98. The van der Waals surface area contributed by atoms with Crippen LogP contribution in [0.4, 0.5) is 5.69 Å². The highest BCUT2D eigenvalue weighted by atomic mass is 32.2. The van der Waals surface area contributed by atoms with Crippen molar-refractivity contribution in [3.8, 4) is 0 Å². The number of H-pyrrole nitrogens is 1. The van der Waals surface area contributed by atoms with Gasteiger partial charge in [-0.3, -0.25) is 4.68 Å². The van der Waals surface area contributed by atoms with E-state index in [9.17, 15) is 0 Å². The van der Waals surface area contributed by atoms with Gasteiger partial charge in [0.25, 0.3) is 0 Å². The Labute approximate surface area is 115 Å². The standard InChI is InChI=1S/C13H15N5S/c1-8-5-13(18(2)17-8)19-7-12-15-10-4-3-9(14)6-11(10)16-12/h3-6H,7,14H2,1-2H3,(H,15,16). The van der Waals surface area contributed by atoms with Crippen LogP contribution in [0.5, 0.6) is 0 Å². The second kappa shape index (κ2) is 4.62. The molecule has 0 radical (unpaired) electrons. The molecule has 2 heterocycles. The molecule has 0 unspecified atom stereocenters. The lowest BCUT2D eigenvalue weighted by atomic mass is 10.3. The number of nitrogens with zero attached hydrogens (tertiary/aromatic N) is 3. The molecular weight excluding hydrogens is 258 g/mol. The van der Waals surface area contributed by atoms with Crippen molar-refractivity contribution in [3.63, 3.8) is 0 Å². The van der Waals surface area contributed by atoms with Crippen LogP contribution in [0.1, 0.15) is 11.5 Å². The number of rotatable bonds is 3. The van der Waals surface area contributed by atoms with Gasteiger partial charge in [-0.25, -0.2) is 4.98 Å². The van der Waals surface area contributed by atoms with Crippen molar-refractivity contribution in [1.82, 2.24) is 19.7 Å². The summed E-state index contributed by atoms with van der Waals surface area (Å²) in [6, 6.07) is 7.78. The van der Waals surface area contributed by atoms with E-state index in [0.29, 0.717) is 0 Å². The summed E-state index contributed by atoms with van der Waals surface area (Å²) in [6.07, 6.45) is 0. The number of hydrogen-bond acceptors (Lipinski definition) is 4. The summed E-state index contributed by atoms with van der Waals surface area (Å²) in [4.78, 5) is 7.84. The fraction of sp³-hybridized carbons (Fsp3) is 0.231. The second-order valence-electron chi connectivity index (χ2n) is 4.50. The van der Waals surface area contributed by atoms with Gasteiger partial charge in [0.1, 0.15) is 5.82 Å². The van der Waals surface area contributed by atoms with Gasteiger partial charge >= 0.3 is 0 Å². The third-order valence-electron chi connectivity index (χ3n) is 2.87. The third-order valence-corrected chi connectivity index (χ3v) is 3.97. The number of thioether (sulfide) groups is 1. The molecule has 6 heteroatoms. The number of hydrogen-bond donors (Lipinski definition) is 2. The quantitative estimate of drug-likeness (QED) is 0.568. The molecule has 0 atom stereocenters. The van der Waals surface area contributed by atoms with Gasteiger partial charge in [0.15, 0.2) is 0 Å². The van der Waals surface area contributed by atoms with Crippen LogP contribution in [0.25, 0.3) is 11.0 Å². The van der Waals surface area contributed by atoms with Crippen LogP contribution in [0.15, 0.2) is 29.3 Å². The summed E-state index contributed by atoms with van der Waals surface area (Å²) in [6.45, 7) is 1.99. The Morgan fingerprint density at radius 1 is 1.37 bits per heavy atom. The average molecular weight is 273 g/mol. The van der Waals surface area contributed by atoms with Crippen molar-refractivity contribution < 1.29 is 0 Å². The van der Waals surface area contributed by atoms with Crippen LogP contribution in [-0.4, -0.2) is 19.7 Å². The smallest absolute Gasteiger partial charge is 0.117 e. The van der Waals surface area contributed by atoms with Crippen molar-refractivity contribution in [3.05, 3.63) is 35.8 Å². The Morgan fingerprint density at radius 3 is 2.95 bits per heavy atom. The normalized spacial score (nSPS) is 11.3. The molecule has 2 aromatic heterocycles. The minimum absolute atomic E-state index is 0.748. The minimum Gasteiger partial charge on any atom is -0.399 e. The molecule has 0 aliphatic rings. The van der Waals surface area contributed by atoms with E-state index in [1.807, 2.05) is 36.9 Å². The van der Waals surface area contributed by atoms with Crippen molar-refractivity contribution in [2.24, 2.45) is 7.05 Å². The predicted molar refractivity (Wildman–Crippen MR) is 78.0 cm³/mol. The number of benzene rings is 1. The zero-order valence-electron chi connectivity index (χ0n) is 10.8. The Balaban J connectivity index is 1.80. The Morgan fingerprint density at radius 2 is 2.21 bits per heavy atom. The van der Waals surface area contributed by atoms with Gasteiger partial charge in [-0.1, -0.05) is 11.8 Å². The molecular formula is C13H15N5S. The number of imidazole rings is 1. The third kappa shape index (κ3) is 2.44. The maximum absolute atomic E-state index is 5.76. The molecule has 0 aliphatic carbocycles. The number of aromatic amines is 1. The van der Waals surface area contributed by atoms with E-state index < -0.39 is 0 Å². The van der Waals surface area contributed by atoms with Crippen molar-refractivity contribution in [2.45, 2.75) is 17.7 Å². The molecule has 0 amide bonds. The Hall–Kier alpha value is -1.95. The maximum atomic E-state index is 5.76. The van der Waals surface area contributed by atoms with E-state index in [-0.39, 0.29) is 0 Å². The van der Waals surface area contributed by atoms with Crippen LogP contribution in [0.3, 0.4) is 0 Å². The highest BCUT2D eigenvalue weighted by molar-refractivity contribution is 7.98. The first-order valence-corrected chi connectivity index (χ1v) is 6.98. The number of nitrogens with one attached hydrogen (secondary N) is 1. The van der Waals surface area contributed by atoms with E-state index in [1.165, 1.54) is 0 Å². The SMILES string of the molecule is Cc1cc(SCc2nc3ccc(N)cc3[nH]2)n(C)n1. The van der Waals surface area contributed by atoms with Crippen molar-refractivity contribution in [2.75, 3.05) is 5.73 Å². The number of aromatic nitrogens is 4. The first-order valence-electron chi connectivity index (χ1n) is 5.99. The van der Waals surface area contributed by atoms with E-state index in [1.54, 1.807) is 11.8 Å². The van der Waals surface area contributed by atoms with Gasteiger partial charge in [-0.15, -0.1) is 0 Å². The summed E-state index contributed by atoms with van der Waals surface area (Å²) in [5, 5.41) is 5.46. The van der Waals surface area contributed by atoms with E-state index in [0.717, 1.165) is 39.0 Å². The number of fused-ring (bicyclic) bond motifs is 1. The topological polar surface area (TPSA) is 72.5 Å². The van der Waals surface area contributed by atoms with Crippen LogP contribution in [0, 0.1) is 6.92 Å². The first kappa shape index (κ1) is 12.1. The van der Waals surface area contributed by atoms with E-state index in [4.69, 9.17) is 5.73 Å². The molecule has 5 nitrogen and oxygen atoms in total. The van der Waals surface area contributed by atoms with Gasteiger partial charge in [0, 0.05) is 12.7 Å². The van der Waals surface area contributed by atoms with Gasteiger partial charge in [-0.05, 0) is 31.2 Å². The maximum Gasteiger partial charge on any atom is 0.117 e. The Kier molecular flexibility index (Phi) is 2.94. The minimum atomic E-state index is 0.748. The van der Waals surface area contributed by atoms with Crippen LogP contribution in [0.2, 0.25) is 0 Å². The zero-order valence-corrected chi connectivity index (χ0v) is 11.7. The van der Waals surface area contributed by atoms with Gasteiger partial charge < -0.3 is 10.7 Å². The fourth-order valence-electron chi connectivity index (χ4n) is 2.01. The van der Waals surface area contributed by atoms with Gasteiger partial charge in [-0.2, -0.15) is 5.10 Å². The van der Waals surface area contributed by atoms with E-state index >= 15 is 0 Å². The number of nitrogen functional groups attached to an aromatic ring is 1. The lowest BCUT2D eigenvalue weighted by molar-refractivity contribution is 0.692. The molecule has 0 bridgehead atoms. The molecule has 0 saturated carbocycles. The van der Waals surface area contributed by atoms with Crippen molar-refractivity contribution >= 4 is 28.5 Å². The summed E-state index contributed by atoms with van der Waals surface area (Å²) in [5.74, 6) is 1.73. The van der Waals surface area contributed by atoms with Crippen molar-refractivity contribution in [1.29, 1.82) is 0 Å². The van der Waals surface area contributed by atoms with Crippen LogP contribution < -0.4 is 5.73 Å². The fourth-order valence-corrected chi connectivity index (χ4v) is 2.92. The highest BCUT2D eigenvalue weighted by Gasteiger charge is 2.06. The highest BCUT2D eigenvalue weighted by Crippen LogP contribution is 2.23. The monoisotopic (exact) mass is 273 g/mol. The molecule has 0 saturated heterocycles. The summed E-state index contributed by atoms with van der Waals surface area (Å²) < 4.78 is 1.89. The lowest BCUT2D eigenvalue weighted by Crippen LogP contribution is -1.93. The number of anilines is 1. The molecule has 3 rings (SSSR count). The summed E-state index contributed by atoms with van der Waals surface area (Å²) in [5.41, 5.74) is 9.47. The number of nitrogens with two attached hydrogens (primary N) is 1. The molecule has 1 aromatic carbocycles. The average Bonchev–Trinajstić information content (AvgIpc) is 2.89. The summed E-state index contributed by atoms with van der Waals surface area (Å²) in [7, 11) is 1.95. The first-order chi connectivity index (χ1) is 9.11. The zero-order chi connectivity index (χ0) is 13.4. The molecule has 0 spiro atoms. The molecule has 0 aliphatic heterocycles. The largest absolute Gasteiger partial charge is 0.399 e. The van der Waals surface area contributed by atoms with E-state index in [2.05, 4.69) is 21.1 Å². The molecule has 0 fully saturated rings. The molecule has 3 aromatic rings. The molecule has 3 N–H and O–H groups in total. The number of aryl methyl sites for hydroxylation is 2. The molecule has 98 valence electrons. The Bertz CT molecular complexity index is 728. The van der Waals surface area contributed by atoms with Gasteiger partial charge in [0.2, 0.25) is 0 Å². The predicted octanol–water partition coefficient (Wildman–Crippen LogP) is 2.48. The van der Waals surface area contributed by atoms with Crippen LogP contribution in [-0.2, 0) is 12.8 Å². The van der Waals surface area contributed by atoms with Gasteiger partial charge in [0.05, 0.1) is 27.5 Å². The molecule has 19 heavy (non-hydrogen) atoms. The summed E-state index contributed by atoms with van der Waals surface area (Å²) >= 11 is 1.72. The van der Waals surface area contributed by atoms with Crippen LogP contribution >= 0.6 is 11.8 Å².